The minimum absolute atomic E-state index is 0.143. The van der Waals surface area contributed by atoms with Crippen molar-refractivity contribution < 1.29 is 4.39 Å². The maximum atomic E-state index is 13.5. The summed E-state index contributed by atoms with van der Waals surface area (Å²) < 4.78 is 13.5. The molecule has 0 spiro atoms. The number of hydrogen-bond donors (Lipinski definition) is 1. The molecule has 1 rings (SSSR count). The molecule has 0 unspecified atom stereocenters. The maximum absolute atomic E-state index is 13.5. The Labute approximate surface area is 78.8 Å². The van der Waals surface area contributed by atoms with Crippen LogP contribution in [0, 0.1) is 19.7 Å². The van der Waals surface area contributed by atoms with Crippen molar-refractivity contribution in [2.45, 2.75) is 33.2 Å². The third kappa shape index (κ3) is 1.89. The van der Waals surface area contributed by atoms with Gasteiger partial charge in [0, 0.05) is 5.54 Å². The fourth-order valence-corrected chi connectivity index (χ4v) is 1.52. The SMILES string of the molecule is Cc1ccc(C(C)(C)N)c(C)c1F. The predicted octanol–water partition coefficient (Wildman–Crippen LogP) is 2.64. The molecule has 0 bridgehead atoms. The summed E-state index contributed by atoms with van der Waals surface area (Å²) >= 11 is 0. The first-order valence-corrected chi connectivity index (χ1v) is 4.39. The minimum Gasteiger partial charge on any atom is -0.322 e. The van der Waals surface area contributed by atoms with Crippen LogP contribution in [0.4, 0.5) is 4.39 Å². The summed E-state index contributed by atoms with van der Waals surface area (Å²) in [6, 6.07) is 3.67. The Hall–Kier alpha value is -0.890. The summed E-state index contributed by atoms with van der Waals surface area (Å²) in [7, 11) is 0. The molecule has 0 radical (unpaired) electrons. The van der Waals surface area contributed by atoms with Gasteiger partial charge < -0.3 is 5.73 Å². The molecule has 0 fully saturated rings. The van der Waals surface area contributed by atoms with Crippen molar-refractivity contribution in [1.29, 1.82) is 0 Å². The van der Waals surface area contributed by atoms with Gasteiger partial charge in [-0.1, -0.05) is 12.1 Å². The second kappa shape index (κ2) is 3.11. The fraction of sp³-hybridized carbons (Fsp3) is 0.455. The van der Waals surface area contributed by atoms with Gasteiger partial charge in [0.25, 0.3) is 0 Å². The molecule has 0 aliphatic carbocycles. The molecule has 0 aliphatic heterocycles. The summed E-state index contributed by atoms with van der Waals surface area (Å²) in [5, 5.41) is 0. The van der Waals surface area contributed by atoms with E-state index in [1.807, 2.05) is 19.9 Å². The van der Waals surface area contributed by atoms with Crippen molar-refractivity contribution in [3.05, 3.63) is 34.6 Å². The average Bonchev–Trinajstić information content (AvgIpc) is 1.98. The smallest absolute Gasteiger partial charge is 0.129 e. The van der Waals surface area contributed by atoms with Crippen LogP contribution >= 0.6 is 0 Å². The van der Waals surface area contributed by atoms with Crippen molar-refractivity contribution in [2.24, 2.45) is 5.73 Å². The van der Waals surface area contributed by atoms with Crippen LogP contribution in [0.5, 0.6) is 0 Å². The van der Waals surface area contributed by atoms with Crippen LogP contribution in [0.1, 0.15) is 30.5 Å². The van der Waals surface area contributed by atoms with Gasteiger partial charge in [-0.05, 0) is 44.4 Å². The van der Waals surface area contributed by atoms with Crippen LogP contribution < -0.4 is 5.73 Å². The van der Waals surface area contributed by atoms with Crippen LogP contribution in [0.2, 0.25) is 0 Å². The Morgan fingerprint density at radius 1 is 1.23 bits per heavy atom. The number of hydrogen-bond acceptors (Lipinski definition) is 1. The highest BCUT2D eigenvalue weighted by Crippen LogP contribution is 2.24. The Balaban J connectivity index is 3.35. The van der Waals surface area contributed by atoms with Gasteiger partial charge in [0.05, 0.1) is 0 Å². The zero-order chi connectivity index (χ0) is 10.2. The van der Waals surface area contributed by atoms with Gasteiger partial charge in [0.1, 0.15) is 5.82 Å². The van der Waals surface area contributed by atoms with E-state index in [1.165, 1.54) is 0 Å². The van der Waals surface area contributed by atoms with E-state index in [0.29, 0.717) is 11.1 Å². The number of halogens is 1. The van der Waals surface area contributed by atoms with Crippen LogP contribution in [0.25, 0.3) is 0 Å². The fourth-order valence-electron chi connectivity index (χ4n) is 1.52. The minimum atomic E-state index is -0.474. The van der Waals surface area contributed by atoms with E-state index in [2.05, 4.69) is 0 Å². The first-order valence-electron chi connectivity index (χ1n) is 4.39. The number of aryl methyl sites for hydroxylation is 1. The molecular formula is C11H16FN. The highest BCUT2D eigenvalue weighted by molar-refractivity contribution is 5.36. The van der Waals surface area contributed by atoms with Gasteiger partial charge in [-0.25, -0.2) is 4.39 Å². The summed E-state index contributed by atoms with van der Waals surface area (Å²) in [5.41, 5.74) is 7.64. The highest BCUT2D eigenvalue weighted by atomic mass is 19.1. The molecule has 0 heterocycles. The molecule has 13 heavy (non-hydrogen) atoms. The summed E-state index contributed by atoms with van der Waals surface area (Å²) in [5.74, 6) is -0.143. The van der Waals surface area contributed by atoms with E-state index >= 15 is 0 Å². The normalized spacial score (nSPS) is 11.8. The number of rotatable bonds is 1. The van der Waals surface area contributed by atoms with Crippen molar-refractivity contribution in [3.8, 4) is 0 Å². The van der Waals surface area contributed by atoms with Crippen LogP contribution in [0.3, 0.4) is 0 Å². The monoisotopic (exact) mass is 181 g/mol. The third-order valence-corrected chi connectivity index (χ3v) is 2.27. The van der Waals surface area contributed by atoms with E-state index in [-0.39, 0.29) is 5.82 Å². The van der Waals surface area contributed by atoms with Crippen molar-refractivity contribution >= 4 is 0 Å². The van der Waals surface area contributed by atoms with Gasteiger partial charge in [-0.15, -0.1) is 0 Å². The lowest BCUT2D eigenvalue weighted by Gasteiger charge is -2.22. The topological polar surface area (TPSA) is 26.0 Å². The van der Waals surface area contributed by atoms with E-state index in [0.717, 1.165) is 5.56 Å². The van der Waals surface area contributed by atoms with Crippen molar-refractivity contribution in [2.75, 3.05) is 0 Å². The molecule has 0 saturated heterocycles. The van der Waals surface area contributed by atoms with Crippen molar-refractivity contribution in [3.63, 3.8) is 0 Å². The molecule has 0 amide bonds. The Kier molecular flexibility index (Phi) is 2.44. The Morgan fingerprint density at radius 2 is 1.77 bits per heavy atom. The molecule has 2 heteroatoms. The molecule has 72 valence electrons. The summed E-state index contributed by atoms with van der Waals surface area (Å²) in [6.07, 6.45) is 0. The first-order chi connectivity index (χ1) is 5.84. The van der Waals surface area contributed by atoms with E-state index in [9.17, 15) is 4.39 Å². The van der Waals surface area contributed by atoms with Crippen LogP contribution in [-0.4, -0.2) is 0 Å². The van der Waals surface area contributed by atoms with Gasteiger partial charge >= 0.3 is 0 Å². The summed E-state index contributed by atoms with van der Waals surface area (Å²) in [4.78, 5) is 0. The molecule has 1 aromatic carbocycles. The zero-order valence-electron chi connectivity index (χ0n) is 8.61. The van der Waals surface area contributed by atoms with Gasteiger partial charge in [-0.2, -0.15) is 0 Å². The van der Waals surface area contributed by atoms with Gasteiger partial charge in [-0.3, -0.25) is 0 Å². The molecule has 0 aliphatic rings. The molecular weight excluding hydrogens is 165 g/mol. The largest absolute Gasteiger partial charge is 0.322 e. The van der Waals surface area contributed by atoms with E-state index in [1.54, 1.807) is 19.9 Å². The molecule has 0 saturated carbocycles. The quantitative estimate of drug-likeness (QED) is 0.708. The lowest BCUT2D eigenvalue weighted by Crippen LogP contribution is -2.30. The highest BCUT2D eigenvalue weighted by Gasteiger charge is 2.18. The van der Waals surface area contributed by atoms with Gasteiger partial charge in [0.15, 0.2) is 0 Å². The number of benzene rings is 1. The molecule has 0 atom stereocenters. The van der Waals surface area contributed by atoms with Crippen LogP contribution in [0.15, 0.2) is 12.1 Å². The zero-order valence-corrected chi connectivity index (χ0v) is 8.61. The Morgan fingerprint density at radius 3 is 2.23 bits per heavy atom. The lowest BCUT2D eigenvalue weighted by molar-refractivity contribution is 0.534. The third-order valence-electron chi connectivity index (χ3n) is 2.27. The Bertz CT molecular complexity index is 324. The molecule has 2 N–H and O–H groups in total. The van der Waals surface area contributed by atoms with E-state index in [4.69, 9.17) is 5.73 Å². The standard InChI is InChI=1S/C11H16FN/c1-7-5-6-9(11(3,4)13)8(2)10(7)12/h5-6H,13H2,1-4H3. The molecule has 0 aromatic heterocycles. The second-order valence-corrected chi connectivity index (χ2v) is 4.09. The lowest BCUT2D eigenvalue weighted by atomic mass is 9.90. The van der Waals surface area contributed by atoms with E-state index < -0.39 is 5.54 Å². The molecule has 1 nitrogen and oxygen atoms in total. The first kappa shape index (κ1) is 10.2. The number of nitrogens with two attached hydrogens (primary N) is 1. The predicted molar refractivity (Wildman–Crippen MR) is 53.1 cm³/mol. The summed E-state index contributed by atoms with van der Waals surface area (Å²) in [6.45, 7) is 7.29. The maximum Gasteiger partial charge on any atom is 0.129 e. The average molecular weight is 181 g/mol. The van der Waals surface area contributed by atoms with Crippen LogP contribution in [-0.2, 0) is 5.54 Å². The van der Waals surface area contributed by atoms with Gasteiger partial charge in [0.2, 0.25) is 0 Å². The van der Waals surface area contributed by atoms with Crippen molar-refractivity contribution in [1.82, 2.24) is 0 Å². The second-order valence-electron chi connectivity index (χ2n) is 4.09. The molecule has 1 aromatic rings.